The summed E-state index contributed by atoms with van der Waals surface area (Å²) in [5, 5.41) is 11.4. The molecule has 0 fully saturated rings. The number of carbonyl (C=O) groups excluding carboxylic acids is 1. The second kappa shape index (κ2) is 7.17. The molecular formula is C10H12ClN3O3S. The Morgan fingerprint density at radius 1 is 1.56 bits per heavy atom. The highest BCUT2D eigenvalue weighted by Gasteiger charge is 2.21. The normalized spacial score (nSPS) is 11.9. The summed E-state index contributed by atoms with van der Waals surface area (Å²) in [6.07, 6.45) is 4.73. The first-order valence-corrected chi connectivity index (χ1v) is 6.82. The lowest BCUT2D eigenvalue weighted by molar-refractivity contribution is -0.139. The molecule has 0 bridgehead atoms. The van der Waals surface area contributed by atoms with Crippen LogP contribution in [0.3, 0.4) is 0 Å². The number of nitrogens with one attached hydrogen (secondary N) is 1. The number of thioether (sulfide) groups is 1. The van der Waals surface area contributed by atoms with Gasteiger partial charge >= 0.3 is 5.97 Å². The lowest BCUT2D eigenvalue weighted by Gasteiger charge is -2.13. The third-order valence-electron chi connectivity index (χ3n) is 2.05. The van der Waals surface area contributed by atoms with Gasteiger partial charge in [-0.15, -0.1) is 0 Å². The highest BCUT2D eigenvalue weighted by atomic mass is 35.5. The van der Waals surface area contributed by atoms with Crippen molar-refractivity contribution in [2.24, 2.45) is 0 Å². The first kappa shape index (κ1) is 14.7. The topological polar surface area (TPSA) is 92.2 Å². The Hall–Kier alpha value is -1.34. The average molecular weight is 290 g/mol. The number of rotatable bonds is 6. The molecule has 0 aliphatic rings. The maximum Gasteiger partial charge on any atom is 0.326 e. The van der Waals surface area contributed by atoms with Crippen LogP contribution >= 0.6 is 23.4 Å². The summed E-state index contributed by atoms with van der Waals surface area (Å²) in [5.74, 6) is -1.04. The molecule has 1 aromatic heterocycles. The maximum absolute atomic E-state index is 11.7. The summed E-state index contributed by atoms with van der Waals surface area (Å²) in [4.78, 5) is 30.2. The van der Waals surface area contributed by atoms with Crippen LogP contribution in [-0.2, 0) is 4.79 Å². The number of carbonyl (C=O) groups is 2. The van der Waals surface area contributed by atoms with Crippen molar-refractivity contribution in [1.29, 1.82) is 0 Å². The molecule has 6 nitrogen and oxygen atoms in total. The SMILES string of the molecule is CSCC[C@H](NC(=O)c1cncc(Cl)n1)C(=O)O. The molecule has 1 heterocycles. The van der Waals surface area contributed by atoms with Gasteiger partial charge in [-0.2, -0.15) is 11.8 Å². The molecule has 1 rings (SSSR count). The van der Waals surface area contributed by atoms with Crippen molar-refractivity contribution >= 4 is 35.2 Å². The monoisotopic (exact) mass is 289 g/mol. The van der Waals surface area contributed by atoms with Crippen molar-refractivity contribution in [3.63, 3.8) is 0 Å². The summed E-state index contributed by atoms with van der Waals surface area (Å²) in [6.45, 7) is 0. The van der Waals surface area contributed by atoms with E-state index in [-0.39, 0.29) is 10.8 Å². The molecule has 18 heavy (non-hydrogen) atoms. The first-order chi connectivity index (χ1) is 8.54. The number of halogens is 1. The highest BCUT2D eigenvalue weighted by molar-refractivity contribution is 7.98. The van der Waals surface area contributed by atoms with Crippen molar-refractivity contribution in [2.75, 3.05) is 12.0 Å². The number of aliphatic carboxylic acids is 1. The predicted octanol–water partition coefficient (Wildman–Crippen LogP) is 1.07. The molecule has 0 spiro atoms. The van der Waals surface area contributed by atoms with Crippen LogP contribution in [0, 0.1) is 0 Å². The summed E-state index contributed by atoms with van der Waals surface area (Å²) >= 11 is 7.11. The van der Waals surface area contributed by atoms with Gasteiger partial charge < -0.3 is 10.4 Å². The Kier molecular flexibility index (Phi) is 5.87. The largest absolute Gasteiger partial charge is 0.480 e. The van der Waals surface area contributed by atoms with Crippen molar-refractivity contribution in [3.8, 4) is 0 Å². The molecule has 8 heteroatoms. The minimum atomic E-state index is -1.08. The van der Waals surface area contributed by atoms with E-state index in [1.165, 1.54) is 24.2 Å². The van der Waals surface area contributed by atoms with Gasteiger partial charge in [0.1, 0.15) is 16.9 Å². The van der Waals surface area contributed by atoms with Gasteiger partial charge in [0, 0.05) is 0 Å². The Balaban J connectivity index is 2.69. The molecule has 1 atom stereocenters. The van der Waals surface area contributed by atoms with Crippen LogP contribution in [0.5, 0.6) is 0 Å². The molecule has 1 amide bonds. The molecule has 0 saturated heterocycles. The van der Waals surface area contributed by atoms with Gasteiger partial charge in [0.25, 0.3) is 5.91 Å². The number of amides is 1. The van der Waals surface area contributed by atoms with Crippen LogP contribution < -0.4 is 5.32 Å². The van der Waals surface area contributed by atoms with Gasteiger partial charge in [0.2, 0.25) is 0 Å². The van der Waals surface area contributed by atoms with Gasteiger partial charge in [0.15, 0.2) is 0 Å². The van der Waals surface area contributed by atoms with Gasteiger partial charge in [-0.05, 0) is 18.4 Å². The lowest BCUT2D eigenvalue weighted by atomic mass is 10.2. The fourth-order valence-corrected chi connectivity index (χ4v) is 1.80. The summed E-state index contributed by atoms with van der Waals surface area (Å²) in [5.41, 5.74) is -0.00194. The zero-order valence-electron chi connectivity index (χ0n) is 9.59. The van der Waals surface area contributed by atoms with E-state index in [9.17, 15) is 9.59 Å². The van der Waals surface area contributed by atoms with Crippen LogP contribution in [0.15, 0.2) is 12.4 Å². The third-order valence-corrected chi connectivity index (χ3v) is 2.88. The summed E-state index contributed by atoms with van der Waals surface area (Å²) < 4.78 is 0. The molecule has 1 aromatic rings. The van der Waals surface area contributed by atoms with Crippen molar-refractivity contribution in [1.82, 2.24) is 15.3 Å². The quantitative estimate of drug-likeness (QED) is 0.814. The fraction of sp³-hybridized carbons (Fsp3) is 0.400. The summed E-state index contributed by atoms with van der Waals surface area (Å²) in [7, 11) is 0. The van der Waals surface area contributed by atoms with Gasteiger partial charge in [-0.3, -0.25) is 9.78 Å². The van der Waals surface area contributed by atoms with E-state index in [0.29, 0.717) is 12.2 Å². The van der Waals surface area contributed by atoms with E-state index in [0.717, 1.165) is 0 Å². The first-order valence-electron chi connectivity index (χ1n) is 5.04. The number of hydrogen-bond donors (Lipinski definition) is 2. The molecular weight excluding hydrogens is 278 g/mol. The number of carboxylic acid groups (broad SMARTS) is 1. The maximum atomic E-state index is 11.7. The number of hydrogen-bond acceptors (Lipinski definition) is 5. The van der Waals surface area contributed by atoms with E-state index in [2.05, 4.69) is 15.3 Å². The van der Waals surface area contributed by atoms with E-state index in [1.54, 1.807) is 0 Å². The summed E-state index contributed by atoms with van der Waals surface area (Å²) in [6, 6.07) is -0.939. The lowest BCUT2D eigenvalue weighted by Crippen LogP contribution is -2.41. The Morgan fingerprint density at radius 3 is 2.83 bits per heavy atom. The van der Waals surface area contributed by atoms with Gasteiger partial charge in [0.05, 0.1) is 12.4 Å². The second-order valence-electron chi connectivity index (χ2n) is 3.37. The molecule has 0 unspecified atom stereocenters. The Morgan fingerprint density at radius 2 is 2.28 bits per heavy atom. The third kappa shape index (κ3) is 4.50. The zero-order chi connectivity index (χ0) is 13.5. The highest BCUT2D eigenvalue weighted by Crippen LogP contribution is 2.05. The number of aromatic nitrogens is 2. The minimum absolute atomic E-state index is 0.00194. The molecule has 0 aliphatic carbocycles. The van der Waals surface area contributed by atoms with Crippen molar-refractivity contribution in [2.45, 2.75) is 12.5 Å². The van der Waals surface area contributed by atoms with Crippen LogP contribution in [0.25, 0.3) is 0 Å². The number of nitrogens with zero attached hydrogens (tertiary/aromatic N) is 2. The second-order valence-corrected chi connectivity index (χ2v) is 4.75. The number of carboxylic acids is 1. The standard InChI is InChI=1S/C10H12ClN3O3S/c1-18-3-2-6(10(16)17)14-9(15)7-4-12-5-8(11)13-7/h4-6H,2-3H2,1H3,(H,14,15)(H,16,17)/t6-/m0/s1. The van der Waals surface area contributed by atoms with Gasteiger partial charge in [-0.1, -0.05) is 11.6 Å². The molecule has 2 N–H and O–H groups in total. The molecule has 0 aliphatic heterocycles. The fourth-order valence-electron chi connectivity index (χ4n) is 1.18. The van der Waals surface area contributed by atoms with Crippen LogP contribution in [0.2, 0.25) is 5.15 Å². The smallest absolute Gasteiger partial charge is 0.326 e. The van der Waals surface area contributed by atoms with Crippen molar-refractivity contribution in [3.05, 3.63) is 23.2 Å². The molecule has 98 valence electrons. The Bertz CT molecular complexity index is 444. The molecule has 0 radical (unpaired) electrons. The molecule has 0 aromatic carbocycles. The average Bonchev–Trinajstić information content (AvgIpc) is 2.33. The van der Waals surface area contributed by atoms with Crippen LogP contribution in [0.4, 0.5) is 0 Å². The molecule has 0 saturated carbocycles. The predicted molar refractivity (Wildman–Crippen MR) is 68.9 cm³/mol. The van der Waals surface area contributed by atoms with E-state index in [1.807, 2.05) is 6.26 Å². The zero-order valence-corrected chi connectivity index (χ0v) is 11.2. The van der Waals surface area contributed by atoms with E-state index >= 15 is 0 Å². The van der Waals surface area contributed by atoms with Crippen molar-refractivity contribution < 1.29 is 14.7 Å². The van der Waals surface area contributed by atoms with Crippen LogP contribution in [0.1, 0.15) is 16.9 Å². The van der Waals surface area contributed by atoms with E-state index in [4.69, 9.17) is 16.7 Å². The van der Waals surface area contributed by atoms with Gasteiger partial charge in [-0.25, -0.2) is 9.78 Å². The minimum Gasteiger partial charge on any atom is -0.480 e. The van der Waals surface area contributed by atoms with Crippen LogP contribution in [-0.4, -0.2) is 45.0 Å². The van der Waals surface area contributed by atoms with E-state index < -0.39 is 17.9 Å². The Labute approximate surface area is 113 Å².